The largest absolute Gasteiger partial charge is 0.480 e. The maximum Gasteiger partial charge on any atom is 0.408 e. The molecule has 1 aromatic carbocycles. The average molecular weight is 304 g/mol. The normalized spacial score (nSPS) is 12.9. The number of aromatic nitrogens is 1. The maximum atomic E-state index is 11.7. The van der Waals surface area contributed by atoms with Crippen molar-refractivity contribution in [1.82, 2.24) is 10.3 Å². The fourth-order valence-corrected chi connectivity index (χ4v) is 2.11. The van der Waals surface area contributed by atoms with Crippen molar-refractivity contribution in [2.75, 3.05) is 0 Å². The van der Waals surface area contributed by atoms with Crippen LogP contribution in [-0.2, 0) is 16.0 Å². The highest BCUT2D eigenvalue weighted by Gasteiger charge is 2.24. The summed E-state index contributed by atoms with van der Waals surface area (Å²) in [6.07, 6.45) is -0.584. The van der Waals surface area contributed by atoms with Gasteiger partial charge in [-0.05, 0) is 38.3 Å². The molecule has 1 amide bonds. The van der Waals surface area contributed by atoms with Gasteiger partial charge in [-0.2, -0.15) is 0 Å². The Bertz CT molecular complexity index is 652. The first-order valence-corrected chi connectivity index (χ1v) is 7.03. The van der Waals surface area contributed by atoms with Gasteiger partial charge in [-0.25, -0.2) is 9.59 Å². The summed E-state index contributed by atoms with van der Waals surface area (Å²) in [6.45, 7) is 5.17. The lowest BCUT2D eigenvalue weighted by atomic mass is 10.1. The van der Waals surface area contributed by atoms with Gasteiger partial charge in [-0.3, -0.25) is 0 Å². The summed E-state index contributed by atoms with van der Waals surface area (Å²) in [5.74, 6) is -1.11. The van der Waals surface area contributed by atoms with Crippen molar-refractivity contribution in [3.05, 3.63) is 36.0 Å². The summed E-state index contributed by atoms with van der Waals surface area (Å²) >= 11 is 0. The summed E-state index contributed by atoms with van der Waals surface area (Å²) in [6, 6.07) is 8.48. The van der Waals surface area contributed by atoms with Crippen molar-refractivity contribution < 1.29 is 19.4 Å². The van der Waals surface area contributed by atoms with E-state index >= 15 is 0 Å². The van der Waals surface area contributed by atoms with E-state index in [0.717, 1.165) is 16.6 Å². The molecule has 0 fully saturated rings. The lowest BCUT2D eigenvalue weighted by Gasteiger charge is -2.21. The van der Waals surface area contributed by atoms with Crippen molar-refractivity contribution >= 4 is 23.0 Å². The second-order valence-electron chi connectivity index (χ2n) is 6.12. The van der Waals surface area contributed by atoms with E-state index in [4.69, 9.17) is 4.74 Å². The third-order valence-electron chi connectivity index (χ3n) is 3.00. The van der Waals surface area contributed by atoms with Crippen LogP contribution in [0.3, 0.4) is 0 Å². The molecule has 2 aromatic rings. The monoisotopic (exact) mass is 304 g/mol. The van der Waals surface area contributed by atoms with E-state index in [1.54, 1.807) is 20.8 Å². The van der Waals surface area contributed by atoms with E-state index in [0.29, 0.717) is 0 Å². The van der Waals surface area contributed by atoms with Gasteiger partial charge in [0, 0.05) is 17.6 Å². The molecule has 0 saturated carbocycles. The summed E-state index contributed by atoms with van der Waals surface area (Å²) in [5.41, 5.74) is 0.998. The van der Waals surface area contributed by atoms with Crippen molar-refractivity contribution in [2.24, 2.45) is 0 Å². The molecule has 0 spiro atoms. The first-order valence-electron chi connectivity index (χ1n) is 7.03. The van der Waals surface area contributed by atoms with E-state index in [1.165, 1.54) is 0 Å². The first-order chi connectivity index (χ1) is 10.2. The number of para-hydroxylation sites is 1. The SMILES string of the molecule is CC(C)(C)OC(=O)NC(Cc1cc2ccccc2[nH]1)C(=O)O. The number of carboxylic acids is 1. The number of aliphatic carboxylic acids is 1. The third kappa shape index (κ3) is 4.25. The third-order valence-corrected chi connectivity index (χ3v) is 3.00. The Balaban J connectivity index is 2.08. The molecule has 1 heterocycles. The van der Waals surface area contributed by atoms with Gasteiger partial charge in [0.15, 0.2) is 0 Å². The molecule has 2 rings (SSSR count). The fraction of sp³-hybridized carbons (Fsp3) is 0.375. The van der Waals surface area contributed by atoms with Gasteiger partial charge >= 0.3 is 12.1 Å². The number of carbonyl (C=O) groups excluding carboxylic acids is 1. The van der Waals surface area contributed by atoms with Crippen LogP contribution in [0.4, 0.5) is 4.79 Å². The quantitative estimate of drug-likeness (QED) is 0.810. The van der Waals surface area contributed by atoms with Crippen LogP contribution < -0.4 is 5.32 Å². The molecule has 0 aliphatic rings. The number of carboxylic acid groups (broad SMARTS) is 1. The number of aromatic amines is 1. The van der Waals surface area contributed by atoms with Crippen molar-refractivity contribution in [3.8, 4) is 0 Å². The lowest BCUT2D eigenvalue weighted by molar-refractivity contribution is -0.139. The molecule has 0 saturated heterocycles. The average Bonchev–Trinajstić information content (AvgIpc) is 2.77. The van der Waals surface area contributed by atoms with Crippen molar-refractivity contribution in [1.29, 1.82) is 0 Å². The molecule has 0 bridgehead atoms. The number of amides is 1. The van der Waals surface area contributed by atoms with E-state index in [2.05, 4.69) is 10.3 Å². The highest BCUT2D eigenvalue weighted by molar-refractivity contribution is 5.82. The zero-order valence-electron chi connectivity index (χ0n) is 12.8. The Morgan fingerprint density at radius 2 is 2.00 bits per heavy atom. The molecule has 22 heavy (non-hydrogen) atoms. The Morgan fingerprint density at radius 3 is 2.59 bits per heavy atom. The number of rotatable bonds is 4. The van der Waals surface area contributed by atoms with Gasteiger partial charge in [0.05, 0.1) is 0 Å². The number of H-pyrrole nitrogens is 1. The molecular formula is C16H20N2O4. The Kier molecular flexibility index (Phi) is 4.40. The van der Waals surface area contributed by atoms with Crippen LogP contribution in [0.15, 0.2) is 30.3 Å². The second-order valence-corrected chi connectivity index (χ2v) is 6.12. The van der Waals surface area contributed by atoms with E-state index in [1.807, 2.05) is 30.3 Å². The minimum atomic E-state index is -1.11. The molecule has 0 aliphatic heterocycles. The van der Waals surface area contributed by atoms with Gasteiger partial charge in [0.25, 0.3) is 0 Å². The standard InChI is InChI=1S/C16H20N2O4/c1-16(2,3)22-15(21)18-13(14(19)20)9-11-8-10-6-4-5-7-12(10)17-11/h4-8,13,17H,9H2,1-3H3,(H,18,21)(H,19,20). The predicted molar refractivity (Wildman–Crippen MR) is 82.8 cm³/mol. The number of carbonyl (C=O) groups is 2. The van der Waals surface area contributed by atoms with Crippen LogP contribution >= 0.6 is 0 Å². The summed E-state index contributed by atoms with van der Waals surface area (Å²) in [4.78, 5) is 26.2. The van der Waals surface area contributed by atoms with Gasteiger partial charge in [0.1, 0.15) is 11.6 Å². The Labute approximate surface area is 128 Å². The topological polar surface area (TPSA) is 91.4 Å². The molecule has 3 N–H and O–H groups in total. The molecule has 1 unspecified atom stereocenters. The number of nitrogens with one attached hydrogen (secondary N) is 2. The Morgan fingerprint density at radius 1 is 1.32 bits per heavy atom. The predicted octanol–water partition coefficient (Wildman–Crippen LogP) is 2.69. The van der Waals surface area contributed by atoms with Crippen LogP contribution in [0, 0.1) is 0 Å². The highest BCUT2D eigenvalue weighted by atomic mass is 16.6. The molecule has 6 nitrogen and oxygen atoms in total. The van der Waals surface area contributed by atoms with E-state index in [9.17, 15) is 14.7 Å². The number of hydrogen-bond donors (Lipinski definition) is 3. The van der Waals surface area contributed by atoms with Gasteiger partial charge < -0.3 is 20.1 Å². The lowest BCUT2D eigenvalue weighted by Crippen LogP contribution is -2.44. The van der Waals surface area contributed by atoms with E-state index in [-0.39, 0.29) is 6.42 Å². The smallest absolute Gasteiger partial charge is 0.408 e. The minimum absolute atomic E-state index is 0.156. The van der Waals surface area contributed by atoms with Gasteiger partial charge in [-0.15, -0.1) is 0 Å². The molecular weight excluding hydrogens is 284 g/mol. The number of hydrogen-bond acceptors (Lipinski definition) is 3. The summed E-state index contributed by atoms with van der Waals surface area (Å²) in [7, 11) is 0. The van der Waals surface area contributed by atoms with Crippen LogP contribution in [-0.4, -0.2) is 33.8 Å². The van der Waals surface area contributed by atoms with Crippen molar-refractivity contribution in [3.63, 3.8) is 0 Å². The van der Waals surface area contributed by atoms with Crippen LogP contribution in [0.1, 0.15) is 26.5 Å². The first kappa shape index (κ1) is 15.9. The van der Waals surface area contributed by atoms with Gasteiger partial charge in [-0.1, -0.05) is 18.2 Å². The van der Waals surface area contributed by atoms with E-state index < -0.39 is 23.7 Å². The molecule has 6 heteroatoms. The molecule has 1 aromatic heterocycles. The molecule has 1 atom stereocenters. The number of benzene rings is 1. The minimum Gasteiger partial charge on any atom is -0.480 e. The second kappa shape index (κ2) is 6.09. The van der Waals surface area contributed by atoms with Crippen LogP contribution in [0.5, 0.6) is 0 Å². The summed E-state index contributed by atoms with van der Waals surface area (Å²) < 4.78 is 5.09. The summed E-state index contributed by atoms with van der Waals surface area (Å²) in [5, 5.41) is 12.7. The molecule has 0 radical (unpaired) electrons. The molecule has 0 aliphatic carbocycles. The highest BCUT2D eigenvalue weighted by Crippen LogP contribution is 2.16. The zero-order valence-corrected chi connectivity index (χ0v) is 12.8. The number of alkyl carbamates (subject to hydrolysis) is 1. The van der Waals surface area contributed by atoms with Crippen molar-refractivity contribution in [2.45, 2.75) is 38.8 Å². The Hall–Kier alpha value is -2.50. The number of fused-ring (bicyclic) bond motifs is 1. The number of ether oxygens (including phenoxy) is 1. The maximum absolute atomic E-state index is 11.7. The van der Waals surface area contributed by atoms with Crippen LogP contribution in [0.25, 0.3) is 10.9 Å². The van der Waals surface area contributed by atoms with Crippen LogP contribution in [0.2, 0.25) is 0 Å². The van der Waals surface area contributed by atoms with Gasteiger partial charge in [0.2, 0.25) is 0 Å². The fourth-order valence-electron chi connectivity index (χ4n) is 2.11. The zero-order chi connectivity index (χ0) is 16.3. The molecule has 118 valence electrons.